The number of aliphatic hydroxyl groups is 1. The normalized spacial score (nSPS) is 9.93. The molecule has 0 amide bonds. The first-order chi connectivity index (χ1) is 6.83. The molecule has 0 bridgehead atoms. The smallest absolute Gasteiger partial charge is 0.193 e. The molecule has 0 aliphatic heterocycles. The summed E-state index contributed by atoms with van der Waals surface area (Å²) in [5, 5.41) is 12.3. The fourth-order valence-corrected chi connectivity index (χ4v) is 1.68. The van der Waals surface area contributed by atoms with E-state index in [2.05, 4.69) is 15.3 Å². The second kappa shape index (κ2) is 5.66. The van der Waals surface area contributed by atoms with Gasteiger partial charge in [-0.25, -0.2) is 9.97 Å². The van der Waals surface area contributed by atoms with Crippen LogP contribution >= 0.6 is 11.8 Å². The van der Waals surface area contributed by atoms with Gasteiger partial charge in [0.25, 0.3) is 0 Å². The molecule has 0 spiro atoms. The van der Waals surface area contributed by atoms with Crippen molar-refractivity contribution in [1.29, 1.82) is 0 Å². The van der Waals surface area contributed by atoms with Crippen molar-refractivity contribution in [2.75, 3.05) is 31.8 Å². The molecular formula is C8H13N3O2S. The molecule has 0 unspecified atom stereocenters. The summed E-state index contributed by atoms with van der Waals surface area (Å²) in [6, 6.07) is 0. The molecule has 0 saturated heterocycles. The van der Waals surface area contributed by atoms with E-state index >= 15 is 0 Å². The molecule has 0 atom stereocenters. The third-order valence-corrected chi connectivity index (χ3v) is 2.49. The van der Waals surface area contributed by atoms with Crippen LogP contribution in [-0.4, -0.2) is 41.6 Å². The first kappa shape index (κ1) is 11.1. The number of thioether (sulfide) groups is 1. The molecule has 14 heavy (non-hydrogen) atoms. The summed E-state index contributed by atoms with van der Waals surface area (Å²) in [6.07, 6.45) is 1.47. The summed E-state index contributed by atoms with van der Waals surface area (Å²) < 4.78 is 5.17. The third kappa shape index (κ3) is 2.49. The van der Waals surface area contributed by atoms with Crippen molar-refractivity contribution in [2.45, 2.75) is 5.03 Å². The number of nitrogens with one attached hydrogen (secondary N) is 1. The summed E-state index contributed by atoms with van der Waals surface area (Å²) >= 11 is 1.44. The Labute approximate surface area is 86.9 Å². The molecule has 0 aliphatic carbocycles. The van der Waals surface area contributed by atoms with E-state index in [1.807, 2.05) is 0 Å². The van der Waals surface area contributed by atoms with Crippen molar-refractivity contribution in [3.05, 3.63) is 6.33 Å². The predicted molar refractivity (Wildman–Crippen MR) is 55.9 cm³/mol. The number of hydrogen-bond acceptors (Lipinski definition) is 6. The Bertz CT molecular complexity index is 296. The summed E-state index contributed by atoms with van der Waals surface area (Å²) in [5.41, 5.74) is 0. The van der Waals surface area contributed by atoms with E-state index in [0.29, 0.717) is 17.3 Å². The van der Waals surface area contributed by atoms with Gasteiger partial charge in [-0.15, -0.1) is 11.8 Å². The van der Waals surface area contributed by atoms with E-state index in [0.717, 1.165) is 5.03 Å². The van der Waals surface area contributed by atoms with Crippen molar-refractivity contribution >= 4 is 17.6 Å². The number of methoxy groups -OCH3 is 1. The van der Waals surface area contributed by atoms with Crippen LogP contribution in [0.3, 0.4) is 0 Å². The lowest BCUT2D eigenvalue weighted by Crippen LogP contribution is -2.00. The van der Waals surface area contributed by atoms with Crippen LogP contribution in [0.4, 0.5) is 5.82 Å². The fourth-order valence-electron chi connectivity index (χ4n) is 0.965. The number of anilines is 1. The molecule has 1 aromatic heterocycles. The van der Waals surface area contributed by atoms with Gasteiger partial charge in [-0.05, 0) is 0 Å². The zero-order valence-corrected chi connectivity index (χ0v) is 8.97. The Hall–Kier alpha value is -1.01. The fraction of sp³-hybridized carbons (Fsp3) is 0.500. The Morgan fingerprint density at radius 3 is 2.93 bits per heavy atom. The van der Waals surface area contributed by atoms with Crippen LogP contribution in [0.5, 0.6) is 5.75 Å². The van der Waals surface area contributed by atoms with Crippen molar-refractivity contribution in [3.63, 3.8) is 0 Å². The Morgan fingerprint density at radius 2 is 2.36 bits per heavy atom. The average Bonchev–Trinajstić information content (AvgIpc) is 2.25. The summed E-state index contributed by atoms with van der Waals surface area (Å²) in [6.45, 7) is 0.118. The number of hydrogen-bond donors (Lipinski definition) is 2. The minimum absolute atomic E-state index is 0.118. The molecule has 0 radical (unpaired) electrons. The summed E-state index contributed by atoms with van der Waals surface area (Å²) in [4.78, 5) is 8.09. The largest absolute Gasteiger partial charge is 0.490 e. The van der Waals surface area contributed by atoms with E-state index in [4.69, 9.17) is 9.84 Å². The molecule has 0 aromatic carbocycles. The topological polar surface area (TPSA) is 67.3 Å². The highest BCUT2D eigenvalue weighted by Crippen LogP contribution is 2.31. The van der Waals surface area contributed by atoms with Gasteiger partial charge in [0.2, 0.25) is 0 Å². The summed E-state index contributed by atoms with van der Waals surface area (Å²) in [5.74, 6) is 1.87. The van der Waals surface area contributed by atoms with Gasteiger partial charge in [-0.1, -0.05) is 0 Å². The van der Waals surface area contributed by atoms with Crippen LogP contribution in [0.1, 0.15) is 0 Å². The zero-order valence-electron chi connectivity index (χ0n) is 8.15. The van der Waals surface area contributed by atoms with Gasteiger partial charge in [-0.3, -0.25) is 0 Å². The number of rotatable bonds is 5. The van der Waals surface area contributed by atoms with Gasteiger partial charge in [0.1, 0.15) is 11.4 Å². The highest BCUT2D eigenvalue weighted by atomic mass is 32.2. The monoisotopic (exact) mass is 215 g/mol. The molecule has 1 rings (SSSR count). The van der Waals surface area contributed by atoms with Gasteiger partial charge < -0.3 is 15.2 Å². The lowest BCUT2D eigenvalue weighted by molar-refractivity contribution is 0.322. The van der Waals surface area contributed by atoms with E-state index in [-0.39, 0.29) is 6.61 Å². The van der Waals surface area contributed by atoms with Gasteiger partial charge in [0, 0.05) is 12.8 Å². The molecular weight excluding hydrogens is 202 g/mol. The van der Waals surface area contributed by atoms with Crippen LogP contribution in [0, 0.1) is 0 Å². The number of ether oxygens (including phenoxy) is 1. The first-order valence-corrected chi connectivity index (χ1v) is 5.12. The van der Waals surface area contributed by atoms with E-state index < -0.39 is 0 Å². The second-order valence-electron chi connectivity index (χ2n) is 2.38. The van der Waals surface area contributed by atoms with E-state index in [9.17, 15) is 0 Å². The lowest BCUT2D eigenvalue weighted by Gasteiger charge is -2.09. The number of nitrogens with zero attached hydrogens (tertiary/aromatic N) is 2. The molecule has 2 N–H and O–H groups in total. The van der Waals surface area contributed by atoms with Crippen LogP contribution in [-0.2, 0) is 0 Å². The van der Waals surface area contributed by atoms with Crippen LogP contribution in [0.25, 0.3) is 0 Å². The Kier molecular flexibility index (Phi) is 4.48. The first-order valence-electron chi connectivity index (χ1n) is 4.14. The highest BCUT2D eigenvalue weighted by Gasteiger charge is 2.10. The zero-order chi connectivity index (χ0) is 10.4. The molecule has 0 aliphatic rings. The van der Waals surface area contributed by atoms with Gasteiger partial charge in [-0.2, -0.15) is 0 Å². The van der Waals surface area contributed by atoms with Crippen molar-refractivity contribution in [1.82, 2.24) is 9.97 Å². The Morgan fingerprint density at radius 1 is 1.57 bits per heavy atom. The average molecular weight is 215 g/mol. The second-order valence-corrected chi connectivity index (χ2v) is 3.47. The lowest BCUT2D eigenvalue weighted by atomic mass is 10.5. The molecule has 78 valence electrons. The van der Waals surface area contributed by atoms with Gasteiger partial charge in [0.05, 0.1) is 13.7 Å². The predicted octanol–water partition coefficient (Wildman–Crippen LogP) is 0.611. The molecule has 5 nitrogen and oxygen atoms in total. The molecule has 0 fully saturated rings. The highest BCUT2D eigenvalue weighted by molar-refractivity contribution is 7.99. The van der Waals surface area contributed by atoms with Crippen LogP contribution in [0.15, 0.2) is 11.4 Å². The van der Waals surface area contributed by atoms with Crippen LogP contribution in [0.2, 0.25) is 0 Å². The van der Waals surface area contributed by atoms with Crippen molar-refractivity contribution in [2.24, 2.45) is 0 Å². The maximum atomic E-state index is 8.70. The van der Waals surface area contributed by atoms with Crippen LogP contribution < -0.4 is 10.1 Å². The summed E-state index contributed by atoms with van der Waals surface area (Å²) in [7, 11) is 3.34. The third-order valence-electron chi connectivity index (χ3n) is 1.54. The maximum absolute atomic E-state index is 8.70. The number of aliphatic hydroxyl groups excluding tert-OH is 1. The molecule has 0 saturated carbocycles. The van der Waals surface area contributed by atoms with E-state index in [1.165, 1.54) is 18.1 Å². The Balaban J connectivity index is 2.90. The molecule has 1 heterocycles. The van der Waals surface area contributed by atoms with Crippen molar-refractivity contribution in [3.8, 4) is 5.75 Å². The number of aromatic nitrogens is 2. The quantitative estimate of drug-likeness (QED) is 0.554. The molecule has 1 aromatic rings. The maximum Gasteiger partial charge on any atom is 0.193 e. The standard InChI is InChI=1S/C8H13N3O2S/c1-9-7-6(13-2)8(11-5-10-7)14-4-3-12/h5,12H,3-4H2,1-2H3,(H,9,10,11). The minimum atomic E-state index is 0.118. The van der Waals surface area contributed by atoms with Crippen molar-refractivity contribution < 1.29 is 9.84 Å². The van der Waals surface area contributed by atoms with E-state index in [1.54, 1.807) is 14.2 Å². The van der Waals surface area contributed by atoms with Gasteiger partial charge in [0.15, 0.2) is 11.6 Å². The van der Waals surface area contributed by atoms with Gasteiger partial charge >= 0.3 is 0 Å². The minimum Gasteiger partial charge on any atom is -0.490 e. The molecule has 6 heteroatoms. The SMILES string of the molecule is CNc1ncnc(SCCO)c1OC.